The predicted molar refractivity (Wildman–Crippen MR) is 35.4 cm³/mol. The minimum atomic E-state index is -0.123. The molecule has 0 heterocycles. The average molecular weight is 115 g/mol. The van der Waals surface area contributed by atoms with Gasteiger partial charge in [0.25, 0.3) is 0 Å². The highest BCUT2D eigenvalue weighted by Crippen LogP contribution is 2.16. The summed E-state index contributed by atoms with van der Waals surface area (Å²) in [6.45, 7) is 6.54. The van der Waals surface area contributed by atoms with E-state index in [4.69, 9.17) is 11.5 Å². The number of nitrogens with two attached hydrogens (primary N) is 1. The summed E-state index contributed by atoms with van der Waals surface area (Å²) in [5.41, 5.74) is 12.7. The van der Waals surface area contributed by atoms with Gasteiger partial charge in [0, 0.05) is 12.6 Å². The van der Waals surface area contributed by atoms with Crippen molar-refractivity contribution in [3.05, 3.63) is 0 Å². The molecule has 0 aromatic rings. The van der Waals surface area contributed by atoms with E-state index in [2.05, 4.69) is 0 Å². The Morgan fingerprint density at radius 1 is 1.50 bits per heavy atom. The van der Waals surface area contributed by atoms with Gasteiger partial charge in [-0.05, 0) is 5.41 Å². The molecule has 0 aliphatic carbocycles. The normalized spacial score (nSPS) is 16.1. The van der Waals surface area contributed by atoms with Crippen molar-refractivity contribution in [3.63, 3.8) is 0 Å². The lowest BCUT2D eigenvalue weighted by molar-refractivity contribution is 0.318. The maximum absolute atomic E-state index is 7.35. The van der Waals surface area contributed by atoms with Gasteiger partial charge in [-0.15, -0.1) is 0 Å². The van der Waals surface area contributed by atoms with Crippen LogP contribution in [0.5, 0.6) is 0 Å². The van der Waals surface area contributed by atoms with Crippen molar-refractivity contribution in [2.45, 2.75) is 26.8 Å². The highest BCUT2D eigenvalue weighted by molar-refractivity contribution is 4.76. The minimum Gasteiger partial charge on any atom is -0.329 e. The first-order chi connectivity index (χ1) is 3.48. The van der Waals surface area contributed by atoms with Gasteiger partial charge in [-0.3, -0.25) is 5.73 Å². The van der Waals surface area contributed by atoms with Crippen LogP contribution in [0.25, 0.3) is 0 Å². The summed E-state index contributed by atoms with van der Waals surface area (Å²) in [5.74, 6) is 0. The molecule has 0 saturated heterocycles. The molecule has 8 heavy (non-hydrogen) atoms. The van der Waals surface area contributed by atoms with E-state index in [1.807, 2.05) is 20.8 Å². The van der Waals surface area contributed by atoms with E-state index >= 15 is 0 Å². The molecule has 0 spiro atoms. The van der Waals surface area contributed by atoms with Crippen LogP contribution in [0.3, 0.4) is 0 Å². The SMILES string of the molecule is CC(C)(C)C([NH])CN. The van der Waals surface area contributed by atoms with Gasteiger partial charge in [0.1, 0.15) is 0 Å². The number of rotatable bonds is 1. The third-order valence-electron chi connectivity index (χ3n) is 1.28. The number of hydrogen-bond acceptors (Lipinski definition) is 1. The Morgan fingerprint density at radius 3 is 1.88 bits per heavy atom. The lowest BCUT2D eigenvalue weighted by atomic mass is 9.88. The quantitative estimate of drug-likeness (QED) is 0.535. The molecular weight excluding hydrogens is 100 g/mol. The number of hydrogen-bond donors (Lipinski definition) is 1. The van der Waals surface area contributed by atoms with Gasteiger partial charge in [0.05, 0.1) is 0 Å². The van der Waals surface area contributed by atoms with Crippen molar-refractivity contribution in [2.75, 3.05) is 6.54 Å². The second-order valence-corrected chi connectivity index (χ2v) is 3.15. The van der Waals surface area contributed by atoms with Crippen LogP contribution in [0.2, 0.25) is 0 Å². The maximum atomic E-state index is 7.35. The molecule has 3 N–H and O–H groups in total. The smallest absolute Gasteiger partial charge is 0.0383 e. The topological polar surface area (TPSA) is 49.8 Å². The Labute approximate surface area is 51.2 Å². The standard InChI is InChI=1S/C6H15N2/c1-6(2,3)5(8)4-7/h5,8H,4,7H2,1-3H3. The van der Waals surface area contributed by atoms with Crippen LogP contribution in [0.4, 0.5) is 0 Å². The first-order valence-corrected chi connectivity index (χ1v) is 2.89. The molecule has 0 amide bonds. The van der Waals surface area contributed by atoms with E-state index in [-0.39, 0.29) is 11.5 Å². The monoisotopic (exact) mass is 115 g/mol. The molecule has 1 radical (unpaired) electrons. The van der Waals surface area contributed by atoms with Crippen molar-refractivity contribution in [1.29, 1.82) is 0 Å². The molecule has 0 bridgehead atoms. The zero-order valence-corrected chi connectivity index (χ0v) is 5.86. The molecule has 1 unspecified atom stereocenters. The summed E-state index contributed by atoms with van der Waals surface area (Å²) >= 11 is 0. The first kappa shape index (κ1) is 7.92. The van der Waals surface area contributed by atoms with Crippen LogP contribution < -0.4 is 11.5 Å². The molecule has 0 saturated carbocycles. The predicted octanol–water partition coefficient (Wildman–Crippen LogP) is 0.643. The third-order valence-corrected chi connectivity index (χ3v) is 1.28. The third kappa shape index (κ3) is 2.28. The van der Waals surface area contributed by atoms with E-state index in [1.165, 1.54) is 0 Å². The second-order valence-electron chi connectivity index (χ2n) is 3.15. The average Bonchev–Trinajstić information content (AvgIpc) is 1.62. The van der Waals surface area contributed by atoms with E-state index in [0.29, 0.717) is 6.54 Å². The van der Waals surface area contributed by atoms with Crippen molar-refractivity contribution in [2.24, 2.45) is 11.1 Å². The van der Waals surface area contributed by atoms with Gasteiger partial charge in [-0.25, -0.2) is 0 Å². The first-order valence-electron chi connectivity index (χ1n) is 2.89. The molecular formula is C6H15N2. The molecule has 49 valence electrons. The molecule has 0 aliphatic rings. The lowest BCUT2D eigenvalue weighted by Crippen LogP contribution is -2.34. The zero-order valence-electron chi connectivity index (χ0n) is 5.86. The van der Waals surface area contributed by atoms with Gasteiger partial charge in [0.15, 0.2) is 0 Å². The fourth-order valence-electron chi connectivity index (χ4n) is 0.354. The highest BCUT2D eigenvalue weighted by Gasteiger charge is 2.18. The van der Waals surface area contributed by atoms with Crippen LogP contribution in [0.1, 0.15) is 20.8 Å². The summed E-state index contributed by atoms with van der Waals surface area (Å²) in [6.07, 6.45) is 0. The summed E-state index contributed by atoms with van der Waals surface area (Å²) < 4.78 is 0. The van der Waals surface area contributed by atoms with E-state index in [0.717, 1.165) is 0 Å². The Bertz CT molecular complexity index is 63.4. The van der Waals surface area contributed by atoms with Gasteiger partial charge in [-0.2, -0.15) is 0 Å². The largest absolute Gasteiger partial charge is 0.329 e. The summed E-state index contributed by atoms with van der Waals surface area (Å²) in [7, 11) is 0. The van der Waals surface area contributed by atoms with Gasteiger partial charge < -0.3 is 5.73 Å². The Balaban J connectivity index is 3.62. The Hall–Kier alpha value is -0.0800. The summed E-state index contributed by atoms with van der Waals surface area (Å²) in [4.78, 5) is 0. The maximum Gasteiger partial charge on any atom is 0.0383 e. The molecule has 2 nitrogen and oxygen atoms in total. The van der Waals surface area contributed by atoms with E-state index in [1.54, 1.807) is 0 Å². The van der Waals surface area contributed by atoms with E-state index in [9.17, 15) is 0 Å². The van der Waals surface area contributed by atoms with Crippen LogP contribution in [-0.2, 0) is 0 Å². The Morgan fingerprint density at radius 2 is 1.88 bits per heavy atom. The molecule has 1 atom stereocenters. The number of nitrogens with one attached hydrogen (secondary N) is 1. The fraction of sp³-hybridized carbons (Fsp3) is 1.00. The molecule has 0 rings (SSSR count). The molecule has 0 aromatic carbocycles. The Kier molecular flexibility index (Phi) is 2.44. The molecule has 0 aromatic heterocycles. The van der Waals surface area contributed by atoms with Gasteiger partial charge in [-0.1, -0.05) is 20.8 Å². The van der Waals surface area contributed by atoms with Crippen LogP contribution >= 0.6 is 0 Å². The lowest BCUT2D eigenvalue weighted by Gasteiger charge is -2.24. The highest BCUT2D eigenvalue weighted by atomic mass is 14.7. The minimum absolute atomic E-state index is 0.0503. The van der Waals surface area contributed by atoms with Crippen molar-refractivity contribution >= 4 is 0 Å². The van der Waals surface area contributed by atoms with Crippen molar-refractivity contribution < 1.29 is 0 Å². The van der Waals surface area contributed by atoms with Gasteiger partial charge in [0.2, 0.25) is 0 Å². The van der Waals surface area contributed by atoms with Crippen LogP contribution in [0, 0.1) is 5.41 Å². The summed E-state index contributed by atoms with van der Waals surface area (Å²) in [5, 5.41) is 0. The van der Waals surface area contributed by atoms with Gasteiger partial charge >= 0.3 is 0 Å². The van der Waals surface area contributed by atoms with Crippen molar-refractivity contribution in [3.8, 4) is 0 Å². The molecule has 0 aliphatic heterocycles. The van der Waals surface area contributed by atoms with Crippen LogP contribution in [-0.4, -0.2) is 12.6 Å². The second kappa shape index (κ2) is 2.46. The summed E-state index contributed by atoms with van der Waals surface area (Å²) in [6, 6.07) is -0.123. The molecule has 2 heteroatoms. The van der Waals surface area contributed by atoms with Crippen LogP contribution in [0.15, 0.2) is 0 Å². The molecule has 0 fully saturated rings. The zero-order chi connectivity index (χ0) is 6.78. The fourth-order valence-corrected chi connectivity index (χ4v) is 0.354. The van der Waals surface area contributed by atoms with Crippen molar-refractivity contribution in [1.82, 2.24) is 5.73 Å². The van der Waals surface area contributed by atoms with E-state index < -0.39 is 0 Å².